The van der Waals surface area contributed by atoms with Gasteiger partial charge < -0.3 is 43.5 Å². The molecule has 0 spiro atoms. The van der Waals surface area contributed by atoms with E-state index in [1.807, 2.05) is 0 Å². The number of nitrogens with zero attached hydrogens (tertiary/aromatic N) is 1. The Labute approximate surface area is 222 Å². The molecule has 3 aromatic rings. The van der Waals surface area contributed by atoms with Crippen LogP contribution in [0.1, 0.15) is 19.3 Å². The van der Waals surface area contributed by atoms with Crippen LogP contribution in [0.15, 0.2) is 33.5 Å². The van der Waals surface area contributed by atoms with Crippen molar-refractivity contribution in [2.24, 2.45) is 5.73 Å². The molecule has 0 saturated carbocycles. The molecule has 206 valence electrons. The molecule has 38 heavy (non-hydrogen) atoms. The second-order valence-corrected chi connectivity index (χ2v) is 9.09. The third-order valence-corrected chi connectivity index (χ3v) is 6.77. The quantitative estimate of drug-likeness (QED) is 0.370. The molecule has 0 amide bonds. The molecular weight excluding hydrogens is 492 g/mol. The first kappa shape index (κ1) is 27.4. The standard InChI is InChI=1S/C28H36N2O8/c1-32-19-15-20(33-2)24-21(16-19)38-26(17-13-22(34-3)27(36-5)23(14-17)35-4)28(25(24)31)37-12-6-9-30-10-7-18(29)8-11-30/h13-16,18H,6-12,29H2,1-5H3. The number of benzene rings is 2. The van der Waals surface area contributed by atoms with Gasteiger partial charge in [0.15, 0.2) is 17.3 Å². The van der Waals surface area contributed by atoms with Crippen molar-refractivity contribution in [3.63, 3.8) is 0 Å². The molecule has 2 aromatic carbocycles. The van der Waals surface area contributed by atoms with Crippen LogP contribution in [0.3, 0.4) is 0 Å². The molecule has 2 heterocycles. The smallest absolute Gasteiger partial charge is 0.239 e. The van der Waals surface area contributed by atoms with Crippen LogP contribution in [0.2, 0.25) is 0 Å². The largest absolute Gasteiger partial charge is 0.496 e. The molecule has 4 rings (SSSR count). The molecule has 0 radical (unpaired) electrons. The van der Waals surface area contributed by atoms with E-state index in [-0.39, 0.29) is 28.4 Å². The van der Waals surface area contributed by atoms with Gasteiger partial charge in [-0.2, -0.15) is 0 Å². The lowest BCUT2D eigenvalue weighted by Gasteiger charge is -2.29. The van der Waals surface area contributed by atoms with Crippen molar-refractivity contribution in [3.8, 4) is 45.8 Å². The van der Waals surface area contributed by atoms with Gasteiger partial charge in [0.2, 0.25) is 16.9 Å². The molecule has 0 unspecified atom stereocenters. The van der Waals surface area contributed by atoms with Crippen molar-refractivity contribution < 1.29 is 32.8 Å². The Morgan fingerprint density at radius 2 is 1.53 bits per heavy atom. The molecule has 1 fully saturated rings. The second kappa shape index (κ2) is 12.3. The highest BCUT2D eigenvalue weighted by molar-refractivity contribution is 5.89. The Kier molecular flexibility index (Phi) is 8.85. The maximum Gasteiger partial charge on any atom is 0.239 e. The molecule has 10 nitrogen and oxygen atoms in total. The average molecular weight is 529 g/mol. The summed E-state index contributed by atoms with van der Waals surface area (Å²) in [6.07, 6.45) is 2.72. The summed E-state index contributed by atoms with van der Waals surface area (Å²) in [5, 5.41) is 0.268. The second-order valence-electron chi connectivity index (χ2n) is 9.09. The van der Waals surface area contributed by atoms with E-state index in [0.29, 0.717) is 46.5 Å². The summed E-state index contributed by atoms with van der Waals surface area (Å²) < 4.78 is 39.9. The van der Waals surface area contributed by atoms with E-state index in [1.165, 1.54) is 35.5 Å². The fourth-order valence-corrected chi connectivity index (χ4v) is 4.69. The lowest BCUT2D eigenvalue weighted by molar-refractivity contribution is 0.193. The van der Waals surface area contributed by atoms with Crippen LogP contribution >= 0.6 is 0 Å². The Morgan fingerprint density at radius 1 is 0.868 bits per heavy atom. The molecule has 10 heteroatoms. The lowest BCUT2D eigenvalue weighted by atomic mass is 10.1. The van der Waals surface area contributed by atoms with E-state index in [2.05, 4.69) is 4.90 Å². The molecule has 0 aliphatic carbocycles. The normalized spacial score (nSPS) is 14.4. The third kappa shape index (κ3) is 5.61. The van der Waals surface area contributed by atoms with Crippen LogP contribution in [0.4, 0.5) is 0 Å². The molecule has 2 N–H and O–H groups in total. The number of ether oxygens (including phenoxy) is 6. The maximum absolute atomic E-state index is 13.8. The number of nitrogens with two attached hydrogens (primary N) is 1. The zero-order chi connectivity index (χ0) is 27.2. The molecule has 1 aliphatic heterocycles. The van der Waals surface area contributed by atoms with Gasteiger partial charge >= 0.3 is 0 Å². The molecular formula is C28H36N2O8. The van der Waals surface area contributed by atoms with Gasteiger partial charge in [0.1, 0.15) is 22.5 Å². The van der Waals surface area contributed by atoms with Crippen LogP contribution in [0, 0.1) is 0 Å². The number of fused-ring (bicyclic) bond motifs is 1. The van der Waals surface area contributed by atoms with E-state index in [1.54, 1.807) is 24.3 Å². The Bertz CT molecular complexity index is 1290. The monoisotopic (exact) mass is 528 g/mol. The summed E-state index contributed by atoms with van der Waals surface area (Å²) >= 11 is 0. The highest BCUT2D eigenvalue weighted by Gasteiger charge is 2.24. The fraction of sp³-hybridized carbons (Fsp3) is 0.464. The minimum absolute atomic E-state index is 0.0795. The summed E-state index contributed by atoms with van der Waals surface area (Å²) in [6.45, 7) is 3.12. The predicted octanol–water partition coefficient (Wildman–Crippen LogP) is 3.70. The minimum Gasteiger partial charge on any atom is -0.496 e. The molecule has 1 aromatic heterocycles. The highest BCUT2D eigenvalue weighted by Crippen LogP contribution is 2.44. The van der Waals surface area contributed by atoms with E-state index in [9.17, 15) is 4.79 Å². The van der Waals surface area contributed by atoms with Gasteiger partial charge in [-0.3, -0.25) is 4.79 Å². The SMILES string of the molecule is COc1cc(OC)c2c(=O)c(OCCCN3CCC(N)CC3)c(-c3cc(OC)c(OC)c(OC)c3)oc2c1. The summed E-state index contributed by atoms with van der Waals surface area (Å²) in [5.41, 5.74) is 6.50. The number of hydrogen-bond acceptors (Lipinski definition) is 10. The number of rotatable bonds is 11. The van der Waals surface area contributed by atoms with Crippen LogP contribution < -0.4 is 39.6 Å². The van der Waals surface area contributed by atoms with Gasteiger partial charge in [-0.1, -0.05) is 0 Å². The summed E-state index contributed by atoms with van der Waals surface area (Å²) in [5.74, 6) is 2.40. The van der Waals surface area contributed by atoms with Gasteiger partial charge in [-0.15, -0.1) is 0 Å². The topological polar surface area (TPSA) is 115 Å². The van der Waals surface area contributed by atoms with Crippen molar-refractivity contribution in [2.45, 2.75) is 25.3 Å². The minimum atomic E-state index is -0.349. The van der Waals surface area contributed by atoms with Crippen molar-refractivity contribution in [1.82, 2.24) is 4.90 Å². The van der Waals surface area contributed by atoms with E-state index in [0.717, 1.165) is 38.9 Å². The van der Waals surface area contributed by atoms with Crippen LogP contribution in [0.25, 0.3) is 22.3 Å². The maximum atomic E-state index is 13.8. The lowest BCUT2D eigenvalue weighted by Crippen LogP contribution is -2.40. The average Bonchev–Trinajstić information content (AvgIpc) is 2.95. The van der Waals surface area contributed by atoms with Crippen molar-refractivity contribution in [2.75, 3.05) is 61.8 Å². The Balaban J connectivity index is 1.77. The van der Waals surface area contributed by atoms with Crippen molar-refractivity contribution in [1.29, 1.82) is 0 Å². The van der Waals surface area contributed by atoms with Gasteiger partial charge in [0.25, 0.3) is 0 Å². The van der Waals surface area contributed by atoms with Crippen LogP contribution in [-0.4, -0.2) is 72.7 Å². The summed E-state index contributed by atoms with van der Waals surface area (Å²) in [7, 11) is 7.61. The number of methoxy groups -OCH3 is 5. The van der Waals surface area contributed by atoms with Crippen molar-refractivity contribution in [3.05, 3.63) is 34.5 Å². The van der Waals surface area contributed by atoms with Crippen molar-refractivity contribution >= 4 is 11.0 Å². The van der Waals surface area contributed by atoms with Crippen LogP contribution in [0.5, 0.6) is 34.5 Å². The number of likely N-dealkylation sites (tertiary alicyclic amines) is 1. The third-order valence-electron chi connectivity index (χ3n) is 6.77. The van der Waals surface area contributed by atoms with Gasteiger partial charge in [-0.05, 0) is 44.5 Å². The summed E-state index contributed by atoms with van der Waals surface area (Å²) in [4.78, 5) is 16.2. The summed E-state index contributed by atoms with van der Waals surface area (Å²) in [6, 6.07) is 6.99. The predicted molar refractivity (Wildman–Crippen MR) is 144 cm³/mol. The molecule has 1 aliphatic rings. The zero-order valence-electron chi connectivity index (χ0n) is 22.6. The number of hydrogen-bond donors (Lipinski definition) is 1. The fourth-order valence-electron chi connectivity index (χ4n) is 4.69. The molecule has 0 bridgehead atoms. The first-order valence-electron chi connectivity index (χ1n) is 12.6. The first-order valence-corrected chi connectivity index (χ1v) is 12.6. The highest BCUT2D eigenvalue weighted by atomic mass is 16.5. The zero-order valence-corrected chi connectivity index (χ0v) is 22.6. The van der Waals surface area contributed by atoms with E-state index >= 15 is 0 Å². The van der Waals surface area contributed by atoms with E-state index in [4.69, 9.17) is 38.6 Å². The molecule has 0 atom stereocenters. The van der Waals surface area contributed by atoms with E-state index < -0.39 is 0 Å². The molecule has 1 saturated heterocycles. The Morgan fingerprint density at radius 3 is 2.11 bits per heavy atom. The Hall–Kier alpha value is -3.63. The number of piperidine rings is 1. The first-order chi connectivity index (χ1) is 18.4. The van der Waals surface area contributed by atoms with Gasteiger partial charge in [0.05, 0.1) is 42.2 Å². The van der Waals surface area contributed by atoms with Gasteiger partial charge in [0, 0.05) is 30.3 Å². The van der Waals surface area contributed by atoms with Crippen LogP contribution in [-0.2, 0) is 0 Å². The van der Waals surface area contributed by atoms with Gasteiger partial charge in [-0.25, -0.2) is 0 Å².